The van der Waals surface area contributed by atoms with Crippen molar-refractivity contribution in [3.05, 3.63) is 35.9 Å². The van der Waals surface area contributed by atoms with E-state index in [-0.39, 0.29) is 12.6 Å². The summed E-state index contributed by atoms with van der Waals surface area (Å²) in [6.07, 6.45) is 0. The van der Waals surface area contributed by atoms with Gasteiger partial charge in [0.25, 0.3) is 0 Å². The monoisotopic (exact) mass is 273 g/mol. The molecule has 2 aromatic carbocycles. The lowest BCUT2D eigenvalue weighted by Crippen LogP contribution is -2.08. The number of hydrogen-bond acceptors (Lipinski definition) is 4. The number of nitrogens with zero attached hydrogens (tertiary/aromatic N) is 1. The SMILES string of the molecule is COCOc1cc2cc(N(C)C)ccc2cc1C(C)=O. The van der Waals surface area contributed by atoms with Crippen molar-refractivity contribution in [2.45, 2.75) is 6.92 Å². The van der Waals surface area contributed by atoms with Crippen molar-refractivity contribution in [1.29, 1.82) is 0 Å². The van der Waals surface area contributed by atoms with Crippen LogP contribution < -0.4 is 9.64 Å². The average Bonchev–Trinajstić information content (AvgIpc) is 2.43. The Balaban J connectivity index is 2.56. The standard InChI is InChI=1S/C16H19NO3/c1-11(18)15-8-12-5-6-14(17(2)3)7-13(12)9-16(15)20-10-19-4/h5-9H,10H2,1-4H3. The normalized spacial score (nSPS) is 10.6. The van der Waals surface area contributed by atoms with E-state index in [1.54, 1.807) is 7.11 Å². The van der Waals surface area contributed by atoms with E-state index in [2.05, 4.69) is 6.07 Å². The molecule has 2 rings (SSSR count). The molecule has 0 aliphatic rings. The summed E-state index contributed by atoms with van der Waals surface area (Å²) in [5.41, 5.74) is 1.68. The highest BCUT2D eigenvalue weighted by molar-refractivity contribution is 6.02. The third-order valence-corrected chi connectivity index (χ3v) is 3.15. The Hall–Kier alpha value is -2.07. The van der Waals surface area contributed by atoms with E-state index in [1.807, 2.05) is 43.3 Å². The van der Waals surface area contributed by atoms with Crippen molar-refractivity contribution >= 4 is 22.2 Å². The van der Waals surface area contributed by atoms with Gasteiger partial charge in [0.15, 0.2) is 12.6 Å². The molecule has 106 valence electrons. The van der Waals surface area contributed by atoms with Gasteiger partial charge in [0.2, 0.25) is 0 Å². The summed E-state index contributed by atoms with van der Waals surface area (Å²) in [4.78, 5) is 13.8. The van der Waals surface area contributed by atoms with Gasteiger partial charge in [0, 0.05) is 26.9 Å². The van der Waals surface area contributed by atoms with Gasteiger partial charge in [-0.2, -0.15) is 0 Å². The minimum absolute atomic E-state index is 0.0188. The highest BCUT2D eigenvalue weighted by atomic mass is 16.7. The van der Waals surface area contributed by atoms with E-state index in [4.69, 9.17) is 9.47 Å². The van der Waals surface area contributed by atoms with Crippen LogP contribution in [-0.4, -0.2) is 33.8 Å². The van der Waals surface area contributed by atoms with Gasteiger partial charge in [0.1, 0.15) is 5.75 Å². The van der Waals surface area contributed by atoms with Crippen molar-refractivity contribution in [3.8, 4) is 5.75 Å². The summed E-state index contributed by atoms with van der Waals surface area (Å²) in [5, 5.41) is 2.05. The van der Waals surface area contributed by atoms with E-state index in [1.165, 1.54) is 6.92 Å². The molecule has 0 N–H and O–H groups in total. The summed E-state index contributed by atoms with van der Waals surface area (Å²) in [7, 11) is 5.54. The van der Waals surface area contributed by atoms with Crippen LogP contribution in [0.25, 0.3) is 10.8 Å². The van der Waals surface area contributed by atoms with Gasteiger partial charge in [-0.15, -0.1) is 0 Å². The molecule has 20 heavy (non-hydrogen) atoms. The van der Waals surface area contributed by atoms with Gasteiger partial charge in [-0.3, -0.25) is 4.79 Å². The molecule has 4 nitrogen and oxygen atoms in total. The Morgan fingerprint density at radius 3 is 2.50 bits per heavy atom. The number of fused-ring (bicyclic) bond motifs is 1. The van der Waals surface area contributed by atoms with E-state index in [0.29, 0.717) is 11.3 Å². The molecule has 0 spiro atoms. The third kappa shape index (κ3) is 2.91. The molecule has 0 aliphatic heterocycles. The Labute approximate surface area is 118 Å². The number of carbonyl (C=O) groups excluding carboxylic acids is 1. The molecule has 0 saturated carbocycles. The lowest BCUT2D eigenvalue weighted by molar-refractivity contribution is 0.0504. The predicted molar refractivity (Wildman–Crippen MR) is 80.8 cm³/mol. The van der Waals surface area contributed by atoms with Crippen molar-refractivity contribution in [1.82, 2.24) is 0 Å². The zero-order chi connectivity index (χ0) is 14.7. The second-order valence-electron chi connectivity index (χ2n) is 4.88. The number of rotatable bonds is 5. The smallest absolute Gasteiger partial charge is 0.188 e. The quantitative estimate of drug-likeness (QED) is 0.620. The molecule has 4 heteroatoms. The molecular weight excluding hydrogens is 254 g/mol. The minimum Gasteiger partial charge on any atom is -0.467 e. The van der Waals surface area contributed by atoms with Gasteiger partial charge in [0.05, 0.1) is 5.56 Å². The molecule has 0 bridgehead atoms. The fraction of sp³-hybridized carbons (Fsp3) is 0.312. The molecule has 0 radical (unpaired) electrons. The van der Waals surface area contributed by atoms with Gasteiger partial charge in [-0.05, 0) is 42.0 Å². The largest absolute Gasteiger partial charge is 0.467 e. The molecule has 0 amide bonds. The molecule has 0 atom stereocenters. The number of methoxy groups -OCH3 is 1. The molecule has 0 aromatic heterocycles. The van der Waals surface area contributed by atoms with Gasteiger partial charge in [-0.25, -0.2) is 0 Å². The molecule has 0 fully saturated rings. The zero-order valence-corrected chi connectivity index (χ0v) is 12.3. The number of hydrogen-bond donors (Lipinski definition) is 0. The maximum atomic E-state index is 11.7. The third-order valence-electron chi connectivity index (χ3n) is 3.15. The number of benzene rings is 2. The number of ketones is 1. The Kier molecular flexibility index (Phi) is 4.25. The lowest BCUT2D eigenvalue weighted by Gasteiger charge is -2.15. The number of anilines is 1. The van der Waals surface area contributed by atoms with Gasteiger partial charge >= 0.3 is 0 Å². The van der Waals surface area contributed by atoms with Crippen LogP contribution in [0, 0.1) is 0 Å². The van der Waals surface area contributed by atoms with E-state index < -0.39 is 0 Å². The van der Waals surface area contributed by atoms with Crippen molar-refractivity contribution in [2.75, 3.05) is 32.9 Å². The Morgan fingerprint density at radius 2 is 1.90 bits per heavy atom. The molecular formula is C16H19NO3. The molecule has 2 aromatic rings. The topological polar surface area (TPSA) is 38.8 Å². The fourth-order valence-electron chi connectivity index (χ4n) is 2.06. The van der Waals surface area contributed by atoms with Crippen LogP contribution in [0.4, 0.5) is 5.69 Å². The molecule has 0 heterocycles. The van der Waals surface area contributed by atoms with Crippen LogP contribution in [0.2, 0.25) is 0 Å². The Morgan fingerprint density at radius 1 is 1.15 bits per heavy atom. The summed E-state index contributed by atoms with van der Waals surface area (Å²) < 4.78 is 10.4. The first-order valence-electron chi connectivity index (χ1n) is 6.40. The molecule has 0 aliphatic carbocycles. The maximum Gasteiger partial charge on any atom is 0.188 e. The predicted octanol–water partition coefficient (Wildman–Crippen LogP) is 3.09. The number of carbonyl (C=O) groups is 1. The van der Waals surface area contributed by atoms with Crippen molar-refractivity contribution < 1.29 is 14.3 Å². The van der Waals surface area contributed by atoms with E-state index in [9.17, 15) is 4.79 Å². The first-order chi connectivity index (χ1) is 9.52. The van der Waals surface area contributed by atoms with Crippen LogP contribution >= 0.6 is 0 Å². The summed E-state index contributed by atoms with van der Waals surface area (Å²) >= 11 is 0. The van der Waals surface area contributed by atoms with Crippen LogP contribution in [0.5, 0.6) is 5.75 Å². The highest BCUT2D eigenvalue weighted by Crippen LogP contribution is 2.29. The summed E-state index contributed by atoms with van der Waals surface area (Å²) in [5.74, 6) is 0.539. The van der Waals surface area contributed by atoms with Crippen molar-refractivity contribution in [3.63, 3.8) is 0 Å². The second-order valence-corrected chi connectivity index (χ2v) is 4.88. The van der Waals surface area contributed by atoms with Crippen molar-refractivity contribution in [2.24, 2.45) is 0 Å². The number of ether oxygens (including phenoxy) is 2. The second kappa shape index (κ2) is 5.92. The minimum atomic E-state index is -0.0188. The van der Waals surface area contributed by atoms with Crippen LogP contribution in [-0.2, 0) is 4.74 Å². The zero-order valence-electron chi connectivity index (χ0n) is 12.3. The van der Waals surface area contributed by atoms with E-state index in [0.717, 1.165) is 16.5 Å². The Bertz CT molecular complexity index is 635. The van der Waals surface area contributed by atoms with Gasteiger partial charge < -0.3 is 14.4 Å². The van der Waals surface area contributed by atoms with Crippen LogP contribution in [0.3, 0.4) is 0 Å². The maximum absolute atomic E-state index is 11.7. The average molecular weight is 273 g/mol. The highest BCUT2D eigenvalue weighted by Gasteiger charge is 2.11. The molecule has 0 saturated heterocycles. The van der Waals surface area contributed by atoms with E-state index >= 15 is 0 Å². The summed E-state index contributed by atoms with van der Waals surface area (Å²) in [6.45, 7) is 1.66. The summed E-state index contributed by atoms with van der Waals surface area (Å²) in [6, 6.07) is 9.86. The first-order valence-corrected chi connectivity index (χ1v) is 6.40. The van der Waals surface area contributed by atoms with Gasteiger partial charge in [-0.1, -0.05) is 6.07 Å². The lowest BCUT2D eigenvalue weighted by atomic mass is 10.0. The molecule has 0 unspecified atom stereocenters. The fourth-order valence-corrected chi connectivity index (χ4v) is 2.06. The first kappa shape index (κ1) is 14.3. The van der Waals surface area contributed by atoms with Crippen LogP contribution in [0.1, 0.15) is 17.3 Å². The number of Topliss-reactive ketones (excluding diaryl/α,β-unsaturated/α-hetero) is 1. The van der Waals surface area contributed by atoms with Crippen LogP contribution in [0.15, 0.2) is 30.3 Å².